The molecule has 0 saturated carbocycles. The number of nitrogens with one attached hydrogen (secondary N) is 1. The van der Waals surface area contributed by atoms with Gasteiger partial charge in [0.15, 0.2) is 0 Å². The molecule has 1 aliphatic heterocycles. The predicted octanol–water partition coefficient (Wildman–Crippen LogP) is 1.58. The average molecular weight is 205 g/mol. The average Bonchev–Trinajstić information content (AvgIpc) is 2.86. The Bertz CT molecular complexity index is 407. The van der Waals surface area contributed by atoms with Gasteiger partial charge in [0, 0.05) is 12.7 Å². The first-order valence-corrected chi connectivity index (χ1v) is 5.63. The molecule has 0 radical (unpaired) electrons. The Hall–Kier alpha value is -1.13. The molecule has 0 aliphatic carbocycles. The van der Waals surface area contributed by atoms with E-state index in [1.807, 2.05) is 4.68 Å². The quantitative estimate of drug-likeness (QED) is 0.766. The van der Waals surface area contributed by atoms with E-state index in [1.165, 1.54) is 16.3 Å². The third-order valence-electron chi connectivity index (χ3n) is 2.47. The summed E-state index contributed by atoms with van der Waals surface area (Å²) < 4.78 is 1.99. The van der Waals surface area contributed by atoms with E-state index in [2.05, 4.69) is 34.1 Å². The van der Waals surface area contributed by atoms with Crippen molar-refractivity contribution in [2.75, 3.05) is 6.54 Å². The van der Waals surface area contributed by atoms with E-state index in [1.54, 1.807) is 11.3 Å². The summed E-state index contributed by atoms with van der Waals surface area (Å²) in [7, 11) is 0. The van der Waals surface area contributed by atoms with Crippen molar-refractivity contribution in [1.82, 2.24) is 15.1 Å². The van der Waals surface area contributed by atoms with E-state index in [-0.39, 0.29) is 0 Å². The van der Waals surface area contributed by atoms with Crippen LogP contribution in [0.4, 0.5) is 0 Å². The van der Waals surface area contributed by atoms with Crippen LogP contribution in [0.25, 0.3) is 5.00 Å². The fourth-order valence-electron chi connectivity index (χ4n) is 1.75. The Morgan fingerprint density at radius 2 is 2.50 bits per heavy atom. The Balaban J connectivity index is 2.04. The molecule has 0 fully saturated rings. The summed E-state index contributed by atoms with van der Waals surface area (Å²) >= 11 is 1.72. The first kappa shape index (κ1) is 8.20. The second-order valence-electron chi connectivity index (χ2n) is 3.42. The molecule has 0 atom stereocenters. The number of hydrogen-bond donors (Lipinski definition) is 1. The van der Waals surface area contributed by atoms with Crippen molar-refractivity contribution in [3.63, 3.8) is 0 Å². The third kappa shape index (κ3) is 1.27. The van der Waals surface area contributed by atoms with Crippen LogP contribution in [0.1, 0.15) is 11.3 Å². The normalized spacial score (nSPS) is 15.4. The van der Waals surface area contributed by atoms with Crippen molar-refractivity contribution < 1.29 is 0 Å². The van der Waals surface area contributed by atoms with Crippen LogP contribution in [0, 0.1) is 0 Å². The van der Waals surface area contributed by atoms with Crippen molar-refractivity contribution in [2.45, 2.75) is 13.0 Å². The first-order valence-electron chi connectivity index (χ1n) is 4.75. The van der Waals surface area contributed by atoms with Gasteiger partial charge in [-0.15, -0.1) is 11.3 Å². The molecule has 1 N–H and O–H groups in total. The number of nitrogens with zero attached hydrogens (tertiary/aromatic N) is 2. The monoisotopic (exact) mass is 205 g/mol. The minimum atomic E-state index is 0.910. The van der Waals surface area contributed by atoms with Gasteiger partial charge < -0.3 is 5.32 Å². The molecule has 0 unspecified atom stereocenters. The molecule has 0 aromatic carbocycles. The summed E-state index contributed by atoms with van der Waals surface area (Å²) in [5, 5.41) is 11.2. The van der Waals surface area contributed by atoms with Gasteiger partial charge >= 0.3 is 0 Å². The van der Waals surface area contributed by atoms with E-state index in [0.717, 1.165) is 19.5 Å². The molecule has 3 heterocycles. The van der Waals surface area contributed by atoms with Crippen LogP contribution < -0.4 is 5.32 Å². The summed E-state index contributed by atoms with van der Waals surface area (Å²) in [4.78, 5) is 0. The Labute approximate surface area is 86.4 Å². The number of aromatic nitrogens is 2. The second kappa shape index (κ2) is 3.22. The number of hydrogen-bond acceptors (Lipinski definition) is 3. The van der Waals surface area contributed by atoms with Crippen LogP contribution in [-0.2, 0) is 13.0 Å². The van der Waals surface area contributed by atoms with E-state index in [9.17, 15) is 0 Å². The largest absolute Gasteiger partial charge is 0.311 e. The molecule has 0 bridgehead atoms. The standard InChI is InChI=1S/C10H11N3S/c1-2-10(14-5-1)13-7-8-3-4-11-6-9(8)12-13/h1-2,5,7,11H,3-4,6H2. The highest BCUT2D eigenvalue weighted by Crippen LogP contribution is 2.18. The summed E-state index contributed by atoms with van der Waals surface area (Å²) in [6.45, 7) is 1.98. The Morgan fingerprint density at radius 3 is 3.29 bits per heavy atom. The molecular weight excluding hydrogens is 194 g/mol. The molecule has 14 heavy (non-hydrogen) atoms. The van der Waals surface area contributed by atoms with Crippen molar-refractivity contribution in [3.05, 3.63) is 35.0 Å². The van der Waals surface area contributed by atoms with Crippen molar-refractivity contribution in [2.24, 2.45) is 0 Å². The maximum Gasteiger partial charge on any atom is 0.117 e. The minimum absolute atomic E-state index is 0.910. The summed E-state index contributed by atoms with van der Waals surface area (Å²) in [5.41, 5.74) is 2.59. The first-order chi connectivity index (χ1) is 6.93. The van der Waals surface area contributed by atoms with Gasteiger partial charge in [-0.25, -0.2) is 4.68 Å². The number of fused-ring (bicyclic) bond motifs is 1. The zero-order valence-corrected chi connectivity index (χ0v) is 8.55. The second-order valence-corrected chi connectivity index (χ2v) is 4.35. The maximum atomic E-state index is 4.56. The molecule has 72 valence electrons. The Morgan fingerprint density at radius 1 is 1.50 bits per heavy atom. The van der Waals surface area contributed by atoms with Gasteiger partial charge in [0.05, 0.1) is 5.69 Å². The highest BCUT2D eigenvalue weighted by atomic mass is 32.1. The van der Waals surface area contributed by atoms with E-state index in [0.29, 0.717) is 0 Å². The van der Waals surface area contributed by atoms with E-state index >= 15 is 0 Å². The molecule has 2 aromatic rings. The predicted molar refractivity (Wildman–Crippen MR) is 56.9 cm³/mol. The highest BCUT2D eigenvalue weighted by molar-refractivity contribution is 7.12. The Kier molecular flexibility index (Phi) is 1.89. The van der Waals surface area contributed by atoms with Gasteiger partial charge in [-0.05, 0) is 36.0 Å². The van der Waals surface area contributed by atoms with Crippen LogP contribution >= 0.6 is 11.3 Å². The van der Waals surface area contributed by atoms with Gasteiger partial charge in [-0.1, -0.05) is 0 Å². The maximum absolute atomic E-state index is 4.56. The molecule has 0 spiro atoms. The molecule has 0 saturated heterocycles. The lowest BCUT2D eigenvalue weighted by Crippen LogP contribution is -2.22. The molecular formula is C10H11N3S. The van der Waals surface area contributed by atoms with Gasteiger partial charge in [-0.2, -0.15) is 5.10 Å². The summed E-state index contributed by atoms with van der Waals surface area (Å²) in [6, 6.07) is 4.15. The zero-order valence-electron chi connectivity index (χ0n) is 7.73. The number of thiophene rings is 1. The van der Waals surface area contributed by atoms with Crippen molar-refractivity contribution >= 4 is 11.3 Å². The lowest BCUT2D eigenvalue weighted by atomic mass is 10.1. The summed E-state index contributed by atoms with van der Waals surface area (Å²) in [6.07, 6.45) is 3.25. The van der Waals surface area contributed by atoms with E-state index < -0.39 is 0 Å². The minimum Gasteiger partial charge on any atom is -0.311 e. The van der Waals surface area contributed by atoms with Gasteiger partial charge in [-0.3, -0.25) is 0 Å². The molecule has 1 aliphatic rings. The third-order valence-corrected chi connectivity index (χ3v) is 3.33. The number of rotatable bonds is 1. The van der Waals surface area contributed by atoms with Gasteiger partial charge in [0.1, 0.15) is 5.00 Å². The molecule has 0 amide bonds. The molecule has 3 nitrogen and oxygen atoms in total. The zero-order chi connectivity index (χ0) is 9.38. The lowest BCUT2D eigenvalue weighted by Gasteiger charge is -2.09. The van der Waals surface area contributed by atoms with Crippen LogP contribution in [0.2, 0.25) is 0 Å². The fraction of sp³-hybridized carbons (Fsp3) is 0.300. The van der Waals surface area contributed by atoms with Crippen LogP contribution in [-0.4, -0.2) is 16.3 Å². The summed E-state index contributed by atoms with van der Waals surface area (Å²) in [5.74, 6) is 0. The van der Waals surface area contributed by atoms with Gasteiger partial charge in [0.2, 0.25) is 0 Å². The highest BCUT2D eigenvalue weighted by Gasteiger charge is 2.13. The topological polar surface area (TPSA) is 29.9 Å². The van der Waals surface area contributed by atoms with Crippen LogP contribution in [0.15, 0.2) is 23.7 Å². The fourth-order valence-corrected chi connectivity index (χ4v) is 2.40. The molecule has 4 heteroatoms. The lowest BCUT2D eigenvalue weighted by molar-refractivity contribution is 0.630. The van der Waals surface area contributed by atoms with Crippen LogP contribution in [0.5, 0.6) is 0 Å². The van der Waals surface area contributed by atoms with Gasteiger partial charge in [0.25, 0.3) is 0 Å². The molecule has 3 rings (SSSR count). The smallest absolute Gasteiger partial charge is 0.117 e. The SMILES string of the molecule is c1csc(-n2cc3c(n2)CNCC3)c1. The van der Waals surface area contributed by atoms with E-state index in [4.69, 9.17) is 0 Å². The van der Waals surface area contributed by atoms with Crippen molar-refractivity contribution in [3.8, 4) is 5.00 Å². The molecule has 2 aromatic heterocycles. The van der Waals surface area contributed by atoms with Crippen molar-refractivity contribution in [1.29, 1.82) is 0 Å². The van der Waals surface area contributed by atoms with Crippen LogP contribution in [0.3, 0.4) is 0 Å².